The summed E-state index contributed by atoms with van der Waals surface area (Å²) in [5.74, 6) is 0.672. The number of fused-ring (bicyclic) bond motifs is 1. The van der Waals surface area contributed by atoms with Crippen molar-refractivity contribution < 1.29 is 19.0 Å². The Bertz CT molecular complexity index is 976. The van der Waals surface area contributed by atoms with Gasteiger partial charge in [-0.25, -0.2) is 14.8 Å². The molecular formula is C20H21IN2O4S. The van der Waals surface area contributed by atoms with Crippen LogP contribution >= 0.6 is 33.9 Å². The topological polar surface area (TPSA) is 70.5 Å². The number of hydrogen-bond acceptors (Lipinski definition) is 7. The maximum absolute atomic E-state index is 12.6. The zero-order valence-corrected chi connectivity index (χ0v) is 18.9. The van der Waals surface area contributed by atoms with E-state index in [1.165, 1.54) is 11.2 Å². The number of rotatable bonds is 8. The van der Waals surface area contributed by atoms with E-state index in [0.717, 1.165) is 25.8 Å². The minimum atomic E-state index is -0.838. The number of esters is 1. The van der Waals surface area contributed by atoms with Gasteiger partial charge in [0, 0.05) is 14.9 Å². The molecule has 148 valence electrons. The predicted octanol–water partition coefficient (Wildman–Crippen LogP) is 4.42. The van der Waals surface area contributed by atoms with Gasteiger partial charge in [0.1, 0.15) is 16.9 Å². The lowest BCUT2D eigenvalue weighted by molar-refractivity contribution is -0.151. The van der Waals surface area contributed by atoms with Crippen LogP contribution in [0.15, 0.2) is 30.6 Å². The second-order valence-corrected chi connectivity index (χ2v) is 8.09. The van der Waals surface area contributed by atoms with Gasteiger partial charge in [-0.3, -0.25) is 0 Å². The number of aryl methyl sites for hydroxylation is 1. The Morgan fingerprint density at radius 1 is 1.25 bits per heavy atom. The average Bonchev–Trinajstić information content (AvgIpc) is 3.04. The molecule has 8 heteroatoms. The van der Waals surface area contributed by atoms with Gasteiger partial charge in [-0.2, -0.15) is 0 Å². The van der Waals surface area contributed by atoms with Gasteiger partial charge in [0.15, 0.2) is 0 Å². The van der Waals surface area contributed by atoms with E-state index in [1.807, 2.05) is 24.3 Å². The monoisotopic (exact) mass is 512 g/mol. The average molecular weight is 512 g/mol. The van der Waals surface area contributed by atoms with Crippen LogP contribution in [0.3, 0.4) is 0 Å². The molecule has 0 amide bonds. The third kappa shape index (κ3) is 4.38. The number of halogens is 1. The molecule has 0 spiro atoms. The van der Waals surface area contributed by atoms with E-state index in [1.54, 1.807) is 25.4 Å². The molecule has 0 aliphatic rings. The number of methoxy groups -OCH3 is 1. The van der Waals surface area contributed by atoms with Gasteiger partial charge >= 0.3 is 5.97 Å². The highest BCUT2D eigenvalue weighted by atomic mass is 127. The summed E-state index contributed by atoms with van der Waals surface area (Å²) in [7, 11) is 1.60. The molecule has 28 heavy (non-hydrogen) atoms. The molecule has 1 aromatic carbocycles. The maximum atomic E-state index is 12.6. The second-order valence-electron chi connectivity index (χ2n) is 5.93. The first-order chi connectivity index (χ1) is 13.6. The molecule has 3 aromatic rings. The molecule has 0 fully saturated rings. The van der Waals surface area contributed by atoms with E-state index < -0.39 is 12.1 Å². The summed E-state index contributed by atoms with van der Waals surface area (Å²) in [6, 6.07) is 7.55. The molecular weight excluding hydrogens is 491 g/mol. The van der Waals surface area contributed by atoms with Crippen LogP contribution in [0.5, 0.6) is 11.6 Å². The third-order valence-corrected chi connectivity index (χ3v) is 6.98. The normalized spacial score (nSPS) is 12.0. The number of ether oxygens (including phenoxy) is 3. The van der Waals surface area contributed by atoms with Gasteiger partial charge in [-0.1, -0.05) is 25.1 Å². The number of carbonyl (C=O) groups excluding carboxylic acids is 1. The molecule has 0 bridgehead atoms. The van der Waals surface area contributed by atoms with Crippen molar-refractivity contribution in [2.45, 2.75) is 32.8 Å². The first kappa shape index (κ1) is 20.8. The number of thiophene rings is 1. The zero-order valence-electron chi connectivity index (χ0n) is 15.9. The van der Waals surface area contributed by atoms with Gasteiger partial charge < -0.3 is 14.2 Å². The van der Waals surface area contributed by atoms with Crippen molar-refractivity contribution in [2.24, 2.45) is 0 Å². The molecule has 0 saturated heterocycles. The molecule has 0 saturated carbocycles. The molecule has 2 heterocycles. The highest BCUT2D eigenvalue weighted by molar-refractivity contribution is 14.1. The summed E-state index contributed by atoms with van der Waals surface area (Å²) >= 11 is 3.91. The standard InChI is InChI=1S/C20H21IN2O4S/c1-4-15-17(21)16-18(22-11-23-19(16)28-15)27-14(20(24)26-5-2)10-12-8-6-7-9-13(12)25-3/h6-9,11,14H,4-5,10H2,1-3H3/t14-/m1/s1. The van der Waals surface area contributed by atoms with Crippen LogP contribution in [0.4, 0.5) is 0 Å². The Balaban J connectivity index is 1.97. The SMILES string of the molecule is CCOC(=O)[C@@H](Cc1ccccc1OC)Oc1ncnc2sc(CC)c(I)c12. The minimum absolute atomic E-state index is 0.278. The molecule has 0 radical (unpaired) electrons. The van der Waals surface area contributed by atoms with E-state index in [9.17, 15) is 4.79 Å². The van der Waals surface area contributed by atoms with Crippen molar-refractivity contribution in [3.05, 3.63) is 44.6 Å². The zero-order chi connectivity index (χ0) is 20.1. The molecule has 0 aliphatic heterocycles. The van der Waals surface area contributed by atoms with E-state index in [-0.39, 0.29) is 6.61 Å². The predicted molar refractivity (Wildman–Crippen MR) is 117 cm³/mol. The van der Waals surface area contributed by atoms with E-state index in [2.05, 4.69) is 39.5 Å². The summed E-state index contributed by atoms with van der Waals surface area (Å²) in [5.41, 5.74) is 0.864. The lowest BCUT2D eigenvalue weighted by Crippen LogP contribution is -2.32. The Morgan fingerprint density at radius 2 is 2.04 bits per heavy atom. The van der Waals surface area contributed by atoms with Crippen LogP contribution in [0.25, 0.3) is 10.2 Å². The summed E-state index contributed by atoms with van der Waals surface area (Å²) in [5, 5.41) is 0.847. The van der Waals surface area contributed by atoms with Crippen LogP contribution < -0.4 is 9.47 Å². The first-order valence-corrected chi connectivity index (χ1v) is 10.9. The molecule has 1 atom stereocenters. The van der Waals surface area contributed by atoms with Crippen LogP contribution in [-0.2, 0) is 22.4 Å². The van der Waals surface area contributed by atoms with Crippen molar-refractivity contribution in [3.8, 4) is 11.6 Å². The number of carbonyl (C=O) groups is 1. The number of nitrogens with zero attached hydrogens (tertiary/aromatic N) is 2. The fourth-order valence-corrected chi connectivity index (χ4v) is 5.19. The van der Waals surface area contributed by atoms with Crippen LogP contribution in [-0.4, -0.2) is 35.8 Å². The van der Waals surface area contributed by atoms with Gasteiger partial charge in [-0.15, -0.1) is 11.3 Å². The Kier molecular flexibility index (Phi) is 7.06. The summed E-state index contributed by atoms with van der Waals surface area (Å²) in [6.45, 7) is 4.15. The minimum Gasteiger partial charge on any atom is -0.496 e. The van der Waals surface area contributed by atoms with E-state index in [0.29, 0.717) is 18.1 Å². The smallest absolute Gasteiger partial charge is 0.347 e. The van der Waals surface area contributed by atoms with Gasteiger partial charge in [0.25, 0.3) is 0 Å². The number of aromatic nitrogens is 2. The summed E-state index contributed by atoms with van der Waals surface area (Å²) in [4.78, 5) is 23.3. The van der Waals surface area contributed by atoms with Crippen LogP contribution in [0, 0.1) is 3.57 Å². The lowest BCUT2D eigenvalue weighted by Gasteiger charge is -2.18. The van der Waals surface area contributed by atoms with Crippen molar-refractivity contribution in [2.75, 3.05) is 13.7 Å². The highest BCUT2D eigenvalue weighted by Crippen LogP contribution is 2.36. The van der Waals surface area contributed by atoms with Crippen LogP contribution in [0.1, 0.15) is 24.3 Å². The molecule has 6 nitrogen and oxygen atoms in total. The summed E-state index contributed by atoms with van der Waals surface area (Å²) in [6.07, 6.45) is 1.85. The third-order valence-electron chi connectivity index (χ3n) is 4.18. The molecule has 0 aliphatic carbocycles. The van der Waals surface area contributed by atoms with Gasteiger partial charge in [-0.05, 0) is 47.6 Å². The molecule has 2 aromatic heterocycles. The lowest BCUT2D eigenvalue weighted by atomic mass is 10.1. The largest absolute Gasteiger partial charge is 0.496 e. The number of para-hydroxylation sites is 1. The van der Waals surface area contributed by atoms with Gasteiger partial charge in [0.2, 0.25) is 12.0 Å². The Morgan fingerprint density at radius 3 is 2.75 bits per heavy atom. The second kappa shape index (κ2) is 9.51. The number of hydrogen-bond donors (Lipinski definition) is 0. The molecule has 0 N–H and O–H groups in total. The number of benzene rings is 1. The Hall–Kier alpha value is -1.94. The van der Waals surface area contributed by atoms with Gasteiger partial charge in [0.05, 0.1) is 19.1 Å². The van der Waals surface area contributed by atoms with Crippen molar-refractivity contribution >= 4 is 50.1 Å². The van der Waals surface area contributed by atoms with Crippen molar-refractivity contribution in [1.29, 1.82) is 0 Å². The van der Waals surface area contributed by atoms with Crippen molar-refractivity contribution in [1.82, 2.24) is 9.97 Å². The highest BCUT2D eigenvalue weighted by Gasteiger charge is 2.26. The Labute approximate surface area is 181 Å². The maximum Gasteiger partial charge on any atom is 0.347 e. The van der Waals surface area contributed by atoms with E-state index in [4.69, 9.17) is 14.2 Å². The van der Waals surface area contributed by atoms with E-state index >= 15 is 0 Å². The fraction of sp³-hybridized carbons (Fsp3) is 0.350. The quantitative estimate of drug-likeness (QED) is 0.329. The van der Waals surface area contributed by atoms with Crippen molar-refractivity contribution in [3.63, 3.8) is 0 Å². The van der Waals surface area contributed by atoms with Crippen LogP contribution in [0.2, 0.25) is 0 Å². The first-order valence-electron chi connectivity index (χ1n) is 8.96. The molecule has 3 rings (SSSR count). The summed E-state index contributed by atoms with van der Waals surface area (Å²) < 4.78 is 17.8. The fourth-order valence-electron chi connectivity index (χ4n) is 2.85. The molecule has 0 unspecified atom stereocenters.